The molecule has 25 heavy (non-hydrogen) atoms. The minimum atomic E-state index is -0.178. The molecule has 2 aromatic rings. The summed E-state index contributed by atoms with van der Waals surface area (Å²) in [6.45, 7) is -0.178. The van der Waals surface area contributed by atoms with Crippen LogP contribution in [0.15, 0.2) is 29.1 Å². The molecule has 2 aromatic carbocycles. The van der Waals surface area contributed by atoms with Crippen molar-refractivity contribution in [3.8, 4) is 28.4 Å². The summed E-state index contributed by atoms with van der Waals surface area (Å²) in [5.41, 5.74) is 4.42. The molecule has 0 amide bonds. The lowest BCUT2D eigenvalue weighted by Crippen LogP contribution is -2.02. The highest BCUT2D eigenvalue weighted by Gasteiger charge is 2.23. The lowest BCUT2D eigenvalue weighted by Gasteiger charge is -2.19. The highest BCUT2D eigenvalue weighted by Crippen LogP contribution is 2.43. The Morgan fingerprint density at radius 2 is 1.68 bits per heavy atom. The summed E-state index contributed by atoms with van der Waals surface area (Å²) in [5.74, 6) is 1.44. The van der Waals surface area contributed by atoms with Crippen LogP contribution in [0.3, 0.4) is 0 Å². The standard InChI is InChI=1S/C20H22O5/c1-23-17-8-7-14-12(9-16(17)22)5-4-6-13-10-18(24-2)20(25-3)15(11-21)19(13)14/h7-10,21H,4-6,11H2,1-3H3. The van der Waals surface area contributed by atoms with E-state index < -0.39 is 0 Å². The maximum Gasteiger partial charge on any atom is 0.220 e. The lowest BCUT2D eigenvalue weighted by molar-refractivity contribution is 0.270. The van der Waals surface area contributed by atoms with Crippen molar-refractivity contribution in [1.29, 1.82) is 0 Å². The van der Waals surface area contributed by atoms with E-state index in [1.807, 2.05) is 12.1 Å². The van der Waals surface area contributed by atoms with Crippen LogP contribution in [0.1, 0.15) is 23.1 Å². The fourth-order valence-corrected chi connectivity index (χ4v) is 3.55. The number of aliphatic hydroxyl groups is 1. The minimum absolute atomic E-state index is 0.141. The molecule has 0 aromatic heterocycles. The zero-order chi connectivity index (χ0) is 18.0. The molecule has 132 valence electrons. The molecular formula is C20H22O5. The molecule has 0 fully saturated rings. The van der Waals surface area contributed by atoms with Gasteiger partial charge >= 0.3 is 0 Å². The van der Waals surface area contributed by atoms with Crippen LogP contribution < -0.4 is 19.6 Å². The van der Waals surface area contributed by atoms with Gasteiger partial charge in [0.15, 0.2) is 17.2 Å². The van der Waals surface area contributed by atoms with Crippen LogP contribution in [0.5, 0.6) is 17.2 Å². The zero-order valence-electron chi connectivity index (χ0n) is 14.7. The fourth-order valence-electron chi connectivity index (χ4n) is 3.55. The summed E-state index contributed by atoms with van der Waals surface area (Å²) < 4.78 is 16.1. The van der Waals surface area contributed by atoms with Gasteiger partial charge in [0.1, 0.15) is 0 Å². The normalized spacial score (nSPS) is 12.6. The van der Waals surface area contributed by atoms with E-state index in [4.69, 9.17) is 14.2 Å². The van der Waals surface area contributed by atoms with Crippen molar-refractivity contribution in [3.05, 3.63) is 51.2 Å². The van der Waals surface area contributed by atoms with Crippen LogP contribution in [0.4, 0.5) is 0 Å². The van der Waals surface area contributed by atoms with Crippen molar-refractivity contribution < 1.29 is 19.3 Å². The van der Waals surface area contributed by atoms with Gasteiger partial charge < -0.3 is 19.3 Å². The molecule has 0 saturated heterocycles. The summed E-state index contributed by atoms with van der Waals surface area (Å²) in [7, 11) is 4.64. The molecule has 0 radical (unpaired) electrons. The van der Waals surface area contributed by atoms with Gasteiger partial charge in [0.2, 0.25) is 5.43 Å². The molecule has 5 nitrogen and oxygen atoms in total. The maximum absolute atomic E-state index is 12.3. The van der Waals surface area contributed by atoms with Gasteiger partial charge in [-0.3, -0.25) is 4.79 Å². The highest BCUT2D eigenvalue weighted by atomic mass is 16.5. The summed E-state index contributed by atoms with van der Waals surface area (Å²) in [6, 6.07) is 7.19. The molecule has 0 atom stereocenters. The molecule has 5 heteroatoms. The molecule has 0 aliphatic heterocycles. The van der Waals surface area contributed by atoms with Gasteiger partial charge in [0.05, 0.1) is 27.9 Å². The number of aryl methyl sites for hydroxylation is 2. The number of hydrogen-bond acceptors (Lipinski definition) is 5. The van der Waals surface area contributed by atoms with E-state index in [2.05, 4.69) is 0 Å². The fraction of sp³-hybridized carbons (Fsp3) is 0.350. The minimum Gasteiger partial charge on any atom is -0.493 e. The molecule has 0 heterocycles. The average molecular weight is 342 g/mol. The number of rotatable bonds is 4. The Kier molecular flexibility index (Phi) is 4.95. The first-order chi connectivity index (χ1) is 12.1. The largest absolute Gasteiger partial charge is 0.493 e. The Balaban J connectivity index is 2.39. The van der Waals surface area contributed by atoms with Gasteiger partial charge in [-0.05, 0) is 59.7 Å². The molecule has 0 bridgehead atoms. The second-order valence-electron chi connectivity index (χ2n) is 5.99. The van der Waals surface area contributed by atoms with Crippen molar-refractivity contribution in [3.63, 3.8) is 0 Å². The third kappa shape index (κ3) is 2.96. The molecule has 1 N–H and O–H groups in total. The molecule has 1 aliphatic carbocycles. The van der Waals surface area contributed by atoms with Crippen molar-refractivity contribution in [2.24, 2.45) is 0 Å². The second-order valence-corrected chi connectivity index (χ2v) is 5.99. The van der Waals surface area contributed by atoms with Crippen molar-refractivity contribution >= 4 is 0 Å². The predicted molar refractivity (Wildman–Crippen MR) is 95.8 cm³/mol. The van der Waals surface area contributed by atoms with Gasteiger partial charge in [-0.2, -0.15) is 0 Å². The second kappa shape index (κ2) is 7.15. The van der Waals surface area contributed by atoms with Crippen molar-refractivity contribution in [1.82, 2.24) is 0 Å². The van der Waals surface area contributed by atoms with Gasteiger partial charge in [-0.1, -0.05) is 6.07 Å². The van der Waals surface area contributed by atoms with Crippen LogP contribution in [0, 0.1) is 0 Å². The van der Waals surface area contributed by atoms with Gasteiger partial charge in [0, 0.05) is 5.56 Å². The van der Waals surface area contributed by atoms with Crippen molar-refractivity contribution in [2.45, 2.75) is 25.9 Å². The monoisotopic (exact) mass is 342 g/mol. The van der Waals surface area contributed by atoms with E-state index in [0.717, 1.165) is 41.5 Å². The van der Waals surface area contributed by atoms with E-state index in [-0.39, 0.29) is 12.0 Å². The van der Waals surface area contributed by atoms with E-state index in [9.17, 15) is 9.90 Å². The summed E-state index contributed by atoms with van der Waals surface area (Å²) >= 11 is 0. The SMILES string of the molecule is COc1cc2c(c(CO)c1OC)-c1ccc(OC)c(=O)cc1CCC2. The Bertz CT molecular complexity index is 858. The number of aliphatic hydroxyl groups excluding tert-OH is 1. The van der Waals surface area contributed by atoms with Crippen molar-refractivity contribution in [2.75, 3.05) is 21.3 Å². The molecule has 0 spiro atoms. The first kappa shape index (κ1) is 17.3. The Labute approximate surface area is 146 Å². The highest BCUT2D eigenvalue weighted by molar-refractivity contribution is 5.79. The number of ether oxygens (including phenoxy) is 3. The van der Waals surface area contributed by atoms with E-state index >= 15 is 0 Å². The number of methoxy groups -OCH3 is 3. The average Bonchev–Trinajstić information content (AvgIpc) is 2.88. The first-order valence-electron chi connectivity index (χ1n) is 8.23. The third-order valence-corrected chi connectivity index (χ3v) is 4.69. The van der Waals surface area contributed by atoms with E-state index in [1.54, 1.807) is 26.4 Å². The van der Waals surface area contributed by atoms with Crippen LogP contribution in [-0.2, 0) is 19.4 Å². The maximum atomic E-state index is 12.3. The Morgan fingerprint density at radius 3 is 2.32 bits per heavy atom. The molecule has 3 rings (SSSR count). The molecule has 0 saturated carbocycles. The van der Waals surface area contributed by atoms with Gasteiger partial charge in [-0.15, -0.1) is 0 Å². The summed E-state index contributed by atoms with van der Waals surface area (Å²) in [5, 5.41) is 10.0. The van der Waals surface area contributed by atoms with Gasteiger partial charge in [0.25, 0.3) is 0 Å². The number of fused-ring (bicyclic) bond motifs is 3. The van der Waals surface area contributed by atoms with E-state index in [0.29, 0.717) is 22.8 Å². The first-order valence-corrected chi connectivity index (χ1v) is 8.23. The quantitative estimate of drug-likeness (QED) is 0.925. The zero-order valence-corrected chi connectivity index (χ0v) is 14.7. The smallest absolute Gasteiger partial charge is 0.220 e. The molecule has 1 aliphatic rings. The van der Waals surface area contributed by atoms with Gasteiger partial charge in [-0.25, -0.2) is 0 Å². The summed E-state index contributed by atoms with van der Waals surface area (Å²) in [4.78, 5) is 12.3. The van der Waals surface area contributed by atoms with Crippen LogP contribution in [0.2, 0.25) is 0 Å². The van der Waals surface area contributed by atoms with E-state index in [1.165, 1.54) is 7.11 Å². The lowest BCUT2D eigenvalue weighted by atomic mass is 9.92. The molecular weight excluding hydrogens is 320 g/mol. The van der Waals surface area contributed by atoms with Crippen LogP contribution >= 0.6 is 0 Å². The topological polar surface area (TPSA) is 65.0 Å². The number of benzene rings is 1. The molecule has 0 unspecified atom stereocenters. The van der Waals surface area contributed by atoms with Crippen LogP contribution in [0.25, 0.3) is 11.1 Å². The summed E-state index contributed by atoms with van der Waals surface area (Å²) in [6.07, 6.45) is 2.53. The third-order valence-electron chi connectivity index (χ3n) is 4.69. The Morgan fingerprint density at radius 1 is 0.960 bits per heavy atom. The van der Waals surface area contributed by atoms with Crippen LogP contribution in [-0.4, -0.2) is 26.4 Å². The predicted octanol–water partition coefficient (Wildman–Crippen LogP) is 2.72. The Hall–Kier alpha value is -2.53. The number of hydrogen-bond donors (Lipinski definition) is 1.